The van der Waals surface area contributed by atoms with E-state index >= 15 is 0 Å². The molecule has 0 radical (unpaired) electrons. The standard InChI is InChI=1S/C17H28N2O4/c1-11(15-18-10-13(23-15)17(2,3)4)19-8-6-12(7-9-19)14(20)16(21)22-5/h10-12,14,20H,6-9H2,1-5H3/t11-,14-/m1/s1. The number of methoxy groups -OCH3 is 1. The van der Waals surface area contributed by atoms with E-state index in [0.29, 0.717) is 0 Å². The van der Waals surface area contributed by atoms with Crippen LogP contribution in [0.1, 0.15) is 58.2 Å². The molecule has 2 heterocycles. The number of esters is 1. The number of nitrogens with zero attached hydrogens (tertiary/aromatic N) is 2. The summed E-state index contributed by atoms with van der Waals surface area (Å²) < 4.78 is 10.5. The number of carbonyl (C=O) groups is 1. The maximum Gasteiger partial charge on any atom is 0.334 e. The summed E-state index contributed by atoms with van der Waals surface area (Å²) in [6.45, 7) is 9.97. The minimum atomic E-state index is -1.02. The van der Waals surface area contributed by atoms with Crippen molar-refractivity contribution in [3.05, 3.63) is 17.8 Å². The van der Waals surface area contributed by atoms with Gasteiger partial charge in [0, 0.05) is 5.41 Å². The van der Waals surface area contributed by atoms with Crippen molar-refractivity contribution in [2.75, 3.05) is 20.2 Å². The van der Waals surface area contributed by atoms with Gasteiger partial charge in [0.1, 0.15) is 5.76 Å². The Morgan fingerprint density at radius 2 is 2.04 bits per heavy atom. The third-order valence-corrected chi connectivity index (χ3v) is 4.63. The monoisotopic (exact) mass is 324 g/mol. The highest BCUT2D eigenvalue weighted by Crippen LogP contribution is 2.30. The molecular weight excluding hydrogens is 296 g/mol. The molecule has 1 saturated heterocycles. The van der Waals surface area contributed by atoms with Crippen LogP contribution in [0.2, 0.25) is 0 Å². The van der Waals surface area contributed by atoms with E-state index in [4.69, 9.17) is 4.42 Å². The Labute approximate surface area is 137 Å². The predicted octanol–water partition coefficient (Wildman–Crippen LogP) is 2.28. The summed E-state index contributed by atoms with van der Waals surface area (Å²) >= 11 is 0. The van der Waals surface area contributed by atoms with E-state index in [1.54, 1.807) is 6.20 Å². The first kappa shape index (κ1) is 17.9. The maximum absolute atomic E-state index is 11.4. The van der Waals surface area contributed by atoms with Crippen LogP contribution in [0.5, 0.6) is 0 Å². The van der Waals surface area contributed by atoms with Gasteiger partial charge in [0.25, 0.3) is 0 Å². The van der Waals surface area contributed by atoms with Crippen molar-refractivity contribution in [3.63, 3.8) is 0 Å². The fraction of sp³-hybridized carbons (Fsp3) is 0.765. The molecule has 23 heavy (non-hydrogen) atoms. The first-order chi connectivity index (χ1) is 10.7. The zero-order chi connectivity index (χ0) is 17.2. The second kappa shape index (κ2) is 7.01. The van der Waals surface area contributed by atoms with Gasteiger partial charge in [-0.3, -0.25) is 4.90 Å². The number of oxazole rings is 1. The molecule has 1 aromatic rings. The number of piperidine rings is 1. The van der Waals surface area contributed by atoms with Crippen molar-refractivity contribution in [2.24, 2.45) is 5.92 Å². The Morgan fingerprint density at radius 3 is 2.52 bits per heavy atom. The molecule has 1 aromatic heterocycles. The summed E-state index contributed by atoms with van der Waals surface area (Å²) in [5.74, 6) is 1.02. The smallest absolute Gasteiger partial charge is 0.334 e. The summed E-state index contributed by atoms with van der Waals surface area (Å²) in [5.41, 5.74) is -0.0530. The summed E-state index contributed by atoms with van der Waals surface area (Å²) in [7, 11) is 1.30. The minimum absolute atomic E-state index is 0.0411. The highest BCUT2D eigenvalue weighted by atomic mass is 16.5. The molecule has 0 unspecified atom stereocenters. The average molecular weight is 324 g/mol. The number of ether oxygens (including phenoxy) is 1. The van der Waals surface area contributed by atoms with Crippen LogP contribution in [0.4, 0.5) is 0 Å². The fourth-order valence-electron chi connectivity index (χ4n) is 2.92. The van der Waals surface area contributed by atoms with Gasteiger partial charge < -0.3 is 14.3 Å². The predicted molar refractivity (Wildman–Crippen MR) is 85.9 cm³/mol. The lowest BCUT2D eigenvalue weighted by molar-refractivity contribution is -0.154. The van der Waals surface area contributed by atoms with Crippen LogP contribution in [0.3, 0.4) is 0 Å². The van der Waals surface area contributed by atoms with Gasteiger partial charge in [0.2, 0.25) is 5.89 Å². The summed E-state index contributed by atoms with van der Waals surface area (Å²) in [4.78, 5) is 18.1. The van der Waals surface area contributed by atoms with Crippen LogP contribution in [0.15, 0.2) is 10.6 Å². The molecule has 2 atom stereocenters. The van der Waals surface area contributed by atoms with Crippen LogP contribution in [-0.2, 0) is 14.9 Å². The van der Waals surface area contributed by atoms with Crippen molar-refractivity contribution >= 4 is 5.97 Å². The van der Waals surface area contributed by atoms with E-state index in [0.717, 1.165) is 37.6 Å². The second-order valence-electron chi connectivity index (χ2n) is 7.33. The molecule has 0 saturated carbocycles. The Bertz CT molecular complexity index is 527. The lowest BCUT2D eigenvalue weighted by Crippen LogP contribution is -2.41. The summed E-state index contributed by atoms with van der Waals surface area (Å²) in [6, 6.07) is 0.0855. The molecule has 0 amide bonds. The minimum Gasteiger partial charge on any atom is -0.467 e. The maximum atomic E-state index is 11.4. The first-order valence-corrected chi connectivity index (χ1v) is 8.20. The average Bonchev–Trinajstić information content (AvgIpc) is 3.03. The molecule has 0 aliphatic carbocycles. The number of hydrogen-bond acceptors (Lipinski definition) is 6. The van der Waals surface area contributed by atoms with E-state index in [2.05, 4.69) is 42.3 Å². The molecule has 1 aliphatic rings. The van der Waals surface area contributed by atoms with Crippen LogP contribution in [0, 0.1) is 5.92 Å². The van der Waals surface area contributed by atoms with Crippen molar-refractivity contribution in [1.82, 2.24) is 9.88 Å². The van der Waals surface area contributed by atoms with Crippen LogP contribution < -0.4 is 0 Å². The normalized spacial score (nSPS) is 20.3. The number of hydrogen-bond donors (Lipinski definition) is 1. The zero-order valence-electron chi connectivity index (χ0n) is 14.7. The van der Waals surface area contributed by atoms with E-state index < -0.39 is 12.1 Å². The van der Waals surface area contributed by atoms with Crippen LogP contribution in [-0.4, -0.2) is 47.3 Å². The van der Waals surface area contributed by atoms with Crippen LogP contribution >= 0.6 is 0 Å². The van der Waals surface area contributed by atoms with Gasteiger partial charge in [-0.05, 0) is 38.8 Å². The number of rotatable bonds is 4. The number of aromatic nitrogens is 1. The Morgan fingerprint density at radius 1 is 1.43 bits per heavy atom. The van der Waals surface area contributed by atoms with Gasteiger partial charge in [-0.1, -0.05) is 20.8 Å². The highest BCUT2D eigenvalue weighted by Gasteiger charge is 2.33. The number of carbonyl (C=O) groups excluding carboxylic acids is 1. The summed E-state index contributed by atoms with van der Waals surface area (Å²) in [6.07, 6.45) is 2.30. The lowest BCUT2D eigenvalue weighted by atomic mass is 9.90. The molecule has 1 fully saturated rings. The molecule has 0 aromatic carbocycles. The largest absolute Gasteiger partial charge is 0.467 e. The van der Waals surface area contributed by atoms with Gasteiger partial charge in [0.15, 0.2) is 6.10 Å². The van der Waals surface area contributed by atoms with Crippen LogP contribution in [0.25, 0.3) is 0 Å². The topological polar surface area (TPSA) is 75.8 Å². The Kier molecular flexibility index (Phi) is 5.47. The lowest BCUT2D eigenvalue weighted by Gasteiger charge is -2.35. The molecular formula is C17H28N2O4. The quantitative estimate of drug-likeness (QED) is 0.856. The third-order valence-electron chi connectivity index (χ3n) is 4.63. The van der Waals surface area contributed by atoms with Gasteiger partial charge in [0.05, 0.1) is 19.3 Å². The number of aliphatic hydroxyl groups excluding tert-OH is 1. The Balaban J connectivity index is 1.94. The second-order valence-corrected chi connectivity index (χ2v) is 7.33. The fourth-order valence-corrected chi connectivity index (χ4v) is 2.92. The van der Waals surface area contributed by atoms with E-state index in [9.17, 15) is 9.90 Å². The van der Waals surface area contributed by atoms with Crippen molar-refractivity contribution < 1.29 is 19.1 Å². The summed E-state index contributed by atoms with van der Waals surface area (Å²) in [5, 5.41) is 9.95. The number of likely N-dealkylation sites (tertiary alicyclic amines) is 1. The SMILES string of the molecule is COC(=O)[C@H](O)C1CCN([C@H](C)c2ncc(C(C)(C)C)o2)CC1. The molecule has 2 rings (SSSR count). The van der Waals surface area contributed by atoms with Crippen molar-refractivity contribution in [2.45, 2.75) is 58.1 Å². The Hall–Kier alpha value is -1.40. The van der Waals surface area contributed by atoms with Crippen molar-refractivity contribution in [3.8, 4) is 0 Å². The molecule has 130 valence electrons. The third kappa shape index (κ3) is 4.12. The van der Waals surface area contributed by atoms with Gasteiger partial charge in [-0.25, -0.2) is 9.78 Å². The number of aliphatic hydroxyl groups is 1. The molecule has 1 aliphatic heterocycles. The molecule has 0 bridgehead atoms. The molecule has 0 spiro atoms. The first-order valence-electron chi connectivity index (χ1n) is 8.20. The van der Waals surface area contributed by atoms with Gasteiger partial charge in [-0.15, -0.1) is 0 Å². The van der Waals surface area contributed by atoms with E-state index in [1.807, 2.05) is 0 Å². The van der Waals surface area contributed by atoms with E-state index in [1.165, 1.54) is 7.11 Å². The van der Waals surface area contributed by atoms with E-state index in [-0.39, 0.29) is 17.4 Å². The molecule has 6 heteroatoms. The van der Waals surface area contributed by atoms with Crippen molar-refractivity contribution in [1.29, 1.82) is 0 Å². The molecule has 6 nitrogen and oxygen atoms in total. The highest BCUT2D eigenvalue weighted by molar-refractivity contribution is 5.74. The molecule has 1 N–H and O–H groups in total. The van der Waals surface area contributed by atoms with Gasteiger partial charge >= 0.3 is 5.97 Å². The van der Waals surface area contributed by atoms with Gasteiger partial charge in [-0.2, -0.15) is 0 Å². The zero-order valence-corrected chi connectivity index (χ0v) is 14.7.